The summed E-state index contributed by atoms with van der Waals surface area (Å²) < 4.78 is 5.51. The predicted molar refractivity (Wildman–Crippen MR) is 65.2 cm³/mol. The van der Waals surface area contributed by atoms with Crippen molar-refractivity contribution in [3.63, 3.8) is 0 Å². The maximum atomic E-state index is 11.9. The molecule has 2 saturated heterocycles. The number of carbonyl (C=O) groups is 1. The van der Waals surface area contributed by atoms with Gasteiger partial charge in [-0.25, -0.2) is 0 Å². The second-order valence-corrected chi connectivity index (χ2v) is 4.99. The molecule has 2 aliphatic heterocycles. The first-order valence-corrected chi connectivity index (χ1v) is 6.65. The normalized spacial score (nSPS) is 27.8. The third kappa shape index (κ3) is 2.90. The topological polar surface area (TPSA) is 85.2 Å². The van der Waals surface area contributed by atoms with Gasteiger partial charge in [0, 0.05) is 0 Å². The van der Waals surface area contributed by atoms with Gasteiger partial charge in [0.2, 0.25) is 5.91 Å². The van der Waals surface area contributed by atoms with Crippen LogP contribution in [0.2, 0.25) is 0 Å². The van der Waals surface area contributed by atoms with Gasteiger partial charge in [0.05, 0.1) is 25.3 Å². The predicted octanol–water partition coefficient (Wildman–Crippen LogP) is -1.35. The minimum absolute atomic E-state index is 0.0640. The van der Waals surface area contributed by atoms with Gasteiger partial charge in [-0.05, 0) is 31.1 Å². The van der Waals surface area contributed by atoms with Crippen LogP contribution in [0, 0.1) is 0 Å². The molecule has 8 heteroatoms. The molecule has 1 amide bonds. The summed E-state index contributed by atoms with van der Waals surface area (Å²) in [4.78, 5) is 15.6. The van der Waals surface area contributed by atoms with Crippen LogP contribution in [0.3, 0.4) is 0 Å². The first kappa shape index (κ1) is 12.5. The maximum absolute atomic E-state index is 11.9. The Morgan fingerprint density at radius 1 is 1.37 bits per heavy atom. The van der Waals surface area contributed by atoms with E-state index in [1.165, 1.54) is 24.0 Å². The Bertz CT molecular complexity index is 417. The summed E-state index contributed by atoms with van der Waals surface area (Å²) in [5.74, 6) is -0.0994. The lowest BCUT2D eigenvalue weighted by molar-refractivity contribution is -0.123. The van der Waals surface area contributed by atoms with Crippen LogP contribution < -0.4 is 5.32 Å². The van der Waals surface area contributed by atoms with Crippen LogP contribution in [0.1, 0.15) is 12.8 Å². The van der Waals surface area contributed by atoms with Gasteiger partial charge in [-0.2, -0.15) is 4.80 Å². The van der Waals surface area contributed by atoms with Gasteiger partial charge in [-0.15, -0.1) is 10.2 Å². The third-order valence-corrected chi connectivity index (χ3v) is 3.68. The zero-order valence-electron chi connectivity index (χ0n) is 10.7. The molecule has 0 bridgehead atoms. The summed E-state index contributed by atoms with van der Waals surface area (Å²) in [5, 5.41) is 14.1. The minimum Gasteiger partial charge on any atom is -0.378 e. The van der Waals surface area contributed by atoms with Gasteiger partial charge in [0.15, 0.2) is 6.33 Å². The first-order valence-electron chi connectivity index (χ1n) is 6.65. The average molecular weight is 266 g/mol. The van der Waals surface area contributed by atoms with E-state index in [9.17, 15) is 4.79 Å². The van der Waals surface area contributed by atoms with Gasteiger partial charge >= 0.3 is 0 Å². The number of nitrogens with one attached hydrogen (secondary N) is 1. The summed E-state index contributed by atoms with van der Waals surface area (Å²) in [7, 11) is 0. The number of likely N-dealkylation sites (tertiary alicyclic amines) is 1. The SMILES string of the molecule is O=C(Cn1ncnn1)N[C@@H]1COC[C@H]1N1CCCC1. The fourth-order valence-electron chi connectivity index (χ4n) is 2.76. The second-order valence-electron chi connectivity index (χ2n) is 4.99. The number of hydrogen-bond acceptors (Lipinski definition) is 6. The Morgan fingerprint density at radius 3 is 2.95 bits per heavy atom. The number of amides is 1. The van der Waals surface area contributed by atoms with Crippen molar-refractivity contribution in [1.29, 1.82) is 0 Å². The lowest BCUT2D eigenvalue weighted by atomic mass is 10.1. The number of rotatable bonds is 4. The van der Waals surface area contributed by atoms with E-state index < -0.39 is 0 Å². The van der Waals surface area contributed by atoms with Gasteiger partial charge < -0.3 is 10.1 Å². The zero-order chi connectivity index (χ0) is 13.1. The summed E-state index contributed by atoms with van der Waals surface area (Å²) >= 11 is 0. The van der Waals surface area contributed by atoms with Gasteiger partial charge in [0.1, 0.15) is 6.54 Å². The van der Waals surface area contributed by atoms with E-state index in [0.717, 1.165) is 13.1 Å². The fourth-order valence-corrected chi connectivity index (χ4v) is 2.76. The smallest absolute Gasteiger partial charge is 0.244 e. The quantitative estimate of drug-likeness (QED) is 0.725. The van der Waals surface area contributed by atoms with Crippen molar-refractivity contribution < 1.29 is 9.53 Å². The van der Waals surface area contributed by atoms with E-state index in [4.69, 9.17) is 4.74 Å². The van der Waals surface area contributed by atoms with Crippen molar-refractivity contribution in [2.45, 2.75) is 31.5 Å². The van der Waals surface area contributed by atoms with E-state index in [0.29, 0.717) is 19.3 Å². The molecule has 0 aromatic carbocycles. The number of hydrogen-bond donors (Lipinski definition) is 1. The van der Waals surface area contributed by atoms with Gasteiger partial charge in [-0.1, -0.05) is 0 Å². The van der Waals surface area contributed by atoms with Crippen molar-refractivity contribution in [2.75, 3.05) is 26.3 Å². The molecule has 3 heterocycles. The zero-order valence-corrected chi connectivity index (χ0v) is 10.7. The summed E-state index contributed by atoms with van der Waals surface area (Å²) in [6, 6.07) is 0.365. The van der Waals surface area contributed by atoms with Crippen LogP contribution in [0.5, 0.6) is 0 Å². The molecule has 0 aliphatic carbocycles. The van der Waals surface area contributed by atoms with Crippen molar-refractivity contribution in [3.05, 3.63) is 6.33 Å². The summed E-state index contributed by atoms with van der Waals surface area (Å²) in [6.07, 6.45) is 3.79. The summed E-state index contributed by atoms with van der Waals surface area (Å²) in [5.41, 5.74) is 0. The van der Waals surface area contributed by atoms with E-state index in [1.54, 1.807) is 0 Å². The highest BCUT2D eigenvalue weighted by Gasteiger charge is 2.35. The molecule has 0 saturated carbocycles. The van der Waals surface area contributed by atoms with Crippen LogP contribution in [0.4, 0.5) is 0 Å². The van der Waals surface area contributed by atoms with Crippen LogP contribution in [-0.2, 0) is 16.1 Å². The number of nitrogens with zero attached hydrogens (tertiary/aromatic N) is 5. The Hall–Kier alpha value is -1.54. The highest BCUT2D eigenvalue weighted by atomic mass is 16.5. The van der Waals surface area contributed by atoms with Crippen LogP contribution >= 0.6 is 0 Å². The van der Waals surface area contributed by atoms with Crippen LogP contribution in [0.15, 0.2) is 6.33 Å². The third-order valence-electron chi connectivity index (χ3n) is 3.68. The van der Waals surface area contributed by atoms with Crippen molar-refractivity contribution in [3.8, 4) is 0 Å². The van der Waals surface area contributed by atoms with Crippen molar-refractivity contribution >= 4 is 5.91 Å². The van der Waals surface area contributed by atoms with Crippen LogP contribution in [0.25, 0.3) is 0 Å². The molecule has 1 aromatic heterocycles. The standard InChI is InChI=1S/C11H18N6O2/c18-11(5-17-13-8-12-15-17)14-9-6-19-7-10(9)16-3-1-2-4-16/h8-10H,1-7H2,(H,14,18)/t9-,10-/m1/s1. The molecular weight excluding hydrogens is 248 g/mol. The van der Waals surface area contributed by atoms with E-state index in [-0.39, 0.29) is 18.5 Å². The lowest BCUT2D eigenvalue weighted by Crippen LogP contribution is -2.51. The maximum Gasteiger partial charge on any atom is 0.244 e. The van der Waals surface area contributed by atoms with E-state index in [1.807, 2.05) is 0 Å². The molecule has 1 N–H and O–H groups in total. The lowest BCUT2D eigenvalue weighted by Gasteiger charge is -2.27. The summed E-state index contributed by atoms with van der Waals surface area (Å²) in [6.45, 7) is 3.59. The van der Waals surface area contributed by atoms with Gasteiger partial charge in [-0.3, -0.25) is 9.69 Å². The molecule has 19 heavy (non-hydrogen) atoms. The molecule has 2 atom stereocenters. The molecule has 104 valence electrons. The van der Waals surface area contributed by atoms with Crippen molar-refractivity contribution in [2.24, 2.45) is 0 Å². The Morgan fingerprint density at radius 2 is 2.21 bits per heavy atom. The molecule has 3 rings (SSSR count). The largest absolute Gasteiger partial charge is 0.378 e. The first-order chi connectivity index (χ1) is 9.33. The number of aromatic nitrogens is 4. The number of carbonyl (C=O) groups excluding carboxylic acids is 1. The fraction of sp³-hybridized carbons (Fsp3) is 0.818. The van der Waals surface area contributed by atoms with Crippen molar-refractivity contribution in [1.82, 2.24) is 30.4 Å². The monoisotopic (exact) mass is 266 g/mol. The van der Waals surface area contributed by atoms with Gasteiger partial charge in [0.25, 0.3) is 0 Å². The second kappa shape index (κ2) is 5.62. The van der Waals surface area contributed by atoms with Crippen LogP contribution in [-0.4, -0.2) is 69.4 Å². The molecule has 1 aromatic rings. The Balaban J connectivity index is 1.54. The highest BCUT2D eigenvalue weighted by Crippen LogP contribution is 2.18. The van der Waals surface area contributed by atoms with E-state index >= 15 is 0 Å². The highest BCUT2D eigenvalue weighted by molar-refractivity contribution is 5.75. The molecule has 2 fully saturated rings. The average Bonchev–Trinajstić information content (AvgIpc) is 3.09. The number of ether oxygens (including phenoxy) is 1. The molecular formula is C11H18N6O2. The van der Waals surface area contributed by atoms with E-state index in [2.05, 4.69) is 25.6 Å². The Kier molecular flexibility index (Phi) is 3.69. The minimum atomic E-state index is -0.0994. The number of tetrazole rings is 1. The molecule has 0 unspecified atom stereocenters. The Labute approximate surface area is 111 Å². The molecule has 0 spiro atoms. The molecule has 2 aliphatic rings. The molecule has 8 nitrogen and oxygen atoms in total. The molecule has 0 radical (unpaired) electrons.